The van der Waals surface area contributed by atoms with Gasteiger partial charge in [-0.05, 0) is 55.4 Å². The number of aromatic nitrogens is 1. The minimum Gasteiger partial charge on any atom is -0.488 e. The smallest absolute Gasteiger partial charge is 0.231 e. The second kappa shape index (κ2) is 6.60. The van der Waals surface area contributed by atoms with Crippen molar-refractivity contribution >= 4 is 5.82 Å². The van der Waals surface area contributed by atoms with Gasteiger partial charge in [-0.1, -0.05) is 6.07 Å². The van der Waals surface area contributed by atoms with Crippen LogP contribution in [0.15, 0.2) is 36.5 Å². The Hall–Kier alpha value is -2.47. The molecule has 1 saturated heterocycles. The van der Waals surface area contributed by atoms with Crippen molar-refractivity contribution in [3.05, 3.63) is 42.1 Å². The Morgan fingerprint density at radius 3 is 2.70 bits per heavy atom. The van der Waals surface area contributed by atoms with Crippen molar-refractivity contribution in [1.82, 2.24) is 4.98 Å². The molecule has 0 bridgehead atoms. The molecule has 0 unspecified atom stereocenters. The summed E-state index contributed by atoms with van der Waals surface area (Å²) in [7, 11) is 0. The molecule has 1 saturated carbocycles. The molecule has 1 aliphatic carbocycles. The molecule has 1 aromatic heterocycles. The van der Waals surface area contributed by atoms with Crippen LogP contribution >= 0.6 is 0 Å². The number of nitrogens with zero attached hydrogens (tertiary/aromatic N) is 2. The van der Waals surface area contributed by atoms with Crippen molar-refractivity contribution in [2.45, 2.75) is 32.0 Å². The molecule has 2 fully saturated rings. The highest BCUT2D eigenvalue weighted by atomic mass is 16.7. The summed E-state index contributed by atoms with van der Waals surface area (Å²) in [4.78, 5) is 6.90. The molecule has 142 valence electrons. The monoisotopic (exact) mass is 368 g/mol. The van der Waals surface area contributed by atoms with Gasteiger partial charge in [-0.25, -0.2) is 4.98 Å². The standard InChI is InChI=1S/C21H24N2O4/c1-13-2-5-21(22-9-13)23-10-14-6-17(24)19(7-15(14)11-23)27-16-3-4-18-20(8-16)26-12-25-18/h2-5,8-9,14-15,17,19,24H,6-7,10-12H2,1H3/t14-,15+,17+,19+/m0/s1. The SMILES string of the molecule is Cc1ccc(N2C[C@H]3C[C@@H](Oc4ccc5c(c4)OCO5)[C@H](O)C[C@H]3C2)nc1. The average Bonchev–Trinajstić information content (AvgIpc) is 3.28. The largest absolute Gasteiger partial charge is 0.488 e. The number of aliphatic hydroxyl groups excluding tert-OH is 1. The lowest BCUT2D eigenvalue weighted by atomic mass is 9.78. The number of rotatable bonds is 3. The fourth-order valence-electron chi connectivity index (χ4n) is 4.48. The molecule has 2 aliphatic heterocycles. The predicted octanol–water partition coefficient (Wildman–Crippen LogP) is 2.77. The summed E-state index contributed by atoms with van der Waals surface area (Å²) in [5.41, 5.74) is 1.17. The average molecular weight is 368 g/mol. The van der Waals surface area contributed by atoms with Gasteiger partial charge < -0.3 is 24.2 Å². The van der Waals surface area contributed by atoms with Crippen molar-refractivity contribution in [3.8, 4) is 17.2 Å². The van der Waals surface area contributed by atoms with E-state index in [1.54, 1.807) is 0 Å². The molecule has 6 heteroatoms. The Bertz CT molecular complexity index is 825. The van der Waals surface area contributed by atoms with E-state index in [2.05, 4.69) is 28.9 Å². The molecule has 0 amide bonds. The van der Waals surface area contributed by atoms with E-state index < -0.39 is 6.10 Å². The van der Waals surface area contributed by atoms with Crippen LogP contribution in [0.3, 0.4) is 0 Å². The van der Waals surface area contributed by atoms with Gasteiger partial charge in [-0.15, -0.1) is 0 Å². The highest BCUT2D eigenvalue weighted by Gasteiger charge is 2.43. The van der Waals surface area contributed by atoms with Crippen LogP contribution in [0.25, 0.3) is 0 Å². The molecule has 1 aromatic carbocycles. The molecule has 0 spiro atoms. The quantitative estimate of drug-likeness (QED) is 0.899. The third kappa shape index (κ3) is 3.18. The Kier molecular flexibility index (Phi) is 4.08. The van der Waals surface area contributed by atoms with Crippen molar-refractivity contribution in [2.24, 2.45) is 11.8 Å². The number of pyridine rings is 1. The van der Waals surface area contributed by atoms with Crippen LogP contribution in [-0.2, 0) is 0 Å². The van der Waals surface area contributed by atoms with Crippen LogP contribution in [0.4, 0.5) is 5.82 Å². The topological polar surface area (TPSA) is 64.1 Å². The number of benzene rings is 1. The summed E-state index contributed by atoms with van der Waals surface area (Å²) in [6, 6.07) is 9.77. The lowest BCUT2D eigenvalue weighted by Crippen LogP contribution is -2.42. The van der Waals surface area contributed by atoms with Crippen LogP contribution in [0, 0.1) is 18.8 Å². The van der Waals surface area contributed by atoms with E-state index in [4.69, 9.17) is 14.2 Å². The van der Waals surface area contributed by atoms with Crippen LogP contribution in [0.1, 0.15) is 18.4 Å². The van der Waals surface area contributed by atoms with Gasteiger partial charge >= 0.3 is 0 Å². The lowest BCUT2D eigenvalue weighted by molar-refractivity contribution is -0.0232. The fourth-order valence-corrected chi connectivity index (χ4v) is 4.48. The van der Waals surface area contributed by atoms with Gasteiger partial charge in [-0.3, -0.25) is 0 Å². The van der Waals surface area contributed by atoms with Crippen LogP contribution in [0.5, 0.6) is 17.2 Å². The van der Waals surface area contributed by atoms with E-state index in [-0.39, 0.29) is 12.9 Å². The summed E-state index contributed by atoms with van der Waals surface area (Å²) < 4.78 is 16.9. The van der Waals surface area contributed by atoms with Crippen molar-refractivity contribution < 1.29 is 19.3 Å². The first-order chi connectivity index (χ1) is 13.2. The Balaban J connectivity index is 1.27. The van der Waals surface area contributed by atoms with E-state index in [0.717, 1.165) is 43.2 Å². The van der Waals surface area contributed by atoms with Crippen molar-refractivity contribution in [3.63, 3.8) is 0 Å². The Labute approximate surface area is 158 Å². The van der Waals surface area contributed by atoms with Gasteiger partial charge in [0.1, 0.15) is 17.7 Å². The van der Waals surface area contributed by atoms with Gasteiger partial charge in [-0.2, -0.15) is 0 Å². The highest BCUT2D eigenvalue weighted by molar-refractivity contribution is 5.47. The van der Waals surface area contributed by atoms with E-state index >= 15 is 0 Å². The summed E-state index contributed by atoms with van der Waals surface area (Å²) in [6.07, 6.45) is 2.88. The molecule has 0 radical (unpaired) electrons. The third-order valence-corrected chi connectivity index (χ3v) is 5.94. The summed E-state index contributed by atoms with van der Waals surface area (Å²) in [5, 5.41) is 10.6. The molecule has 5 rings (SSSR count). The normalized spacial score (nSPS) is 28.9. The third-order valence-electron chi connectivity index (χ3n) is 5.94. The van der Waals surface area contributed by atoms with Crippen molar-refractivity contribution in [2.75, 3.05) is 24.8 Å². The highest BCUT2D eigenvalue weighted by Crippen LogP contribution is 2.40. The maximum Gasteiger partial charge on any atom is 0.231 e. The van der Waals surface area contributed by atoms with Crippen LogP contribution in [-0.4, -0.2) is 42.2 Å². The van der Waals surface area contributed by atoms with Gasteiger partial charge in [0.05, 0.1) is 6.10 Å². The first-order valence-corrected chi connectivity index (χ1v) is 9.58. The first kappa shape index (κ1) is 16.7. The van der Waals surface area contributed by atoms with Crippen LogP contribution < -0.4 is 19.1 Å². The van der Waals surface area contributed by atoms with E-state index in [1.165, 1.54) is 5.56 Å². The summed E-state index contributed by atoms with van der Waals surface area (Å²) >= 11 is 0. The number of aliphatic hydroxyl groups is 1. The van der Waals surface area contributed by atoms with Crippen molar-refractivity contribution in [1.29, 1.82) is 0 Å². The molecular formula is C21H24N2O4. The molecular weight excluding hydrogens is 344 g/mol. The zero-order valence-corrected chi connectivity index (χ0v) is 15.4. The zero-order valence-electron chi connectivity index (χ0n) is 15.4. The number of ether oxygens (including phenoxy) is 3. The first-order valence-electron chi connectivity index (χ1n) is 9.58. The molecule has 4 atom stereocenters. The molecule has 6 nitrogen and oxygen atoms in total. The van der Waals surface area contributed by atoms with Gasteiger partial charge in [0.15, 0.2) is 11.5 Å². The molecule has 27 heavy (non-hydrogen) atoms. The number of fused-ring (bicyclic) bond motifs is 2. The van der Waals surface area contributed by atoms with E-state index in [9.17, 15) is 5.11 Å². The van der Waals surface area contributed by atoms with Gasteiger partial charge in [0, 0.05) is 25.4 Å². The van der Waals surface area contributed by atoms with Gasteiger partial charge in [0.25, 0.3) is 0 Å². The minimum absolute atomic E-state index is 0.197. The molecule has 3 aliphatic rings. The Morgan fingerprint density at radius 1 is 1.07 bits per heavy atom. The summed E-state index contributed by atoms with van der Waals surface area (Å²) in [5.74, 6) is 4.18. The number of hydrogen-bond donors (Lipinski definition) is 1. The minimum atomic E-state index is -0.456. The maximum absolute atomic E-state index is 10.6. The zero-order chi connectivity index (χ0) is 18.4. The Morgan fingerprint density at radius 2 is 1.89 bits per heavy atom. The molecule has 3 heterocycles. The fraction of sp³-hybridized carbons (Fsp3) is 0.476. The molecule has 1 N–H and O–H groups in total. The summed E-state index contributed by atoms with van der Waals surface area (Å²) in [6.45, 7) is 4.22. The lowest BCUT2D eigenvalue weighted by Gasteiger charge is -2.35. The number of anilines is 1. The van der Waals surface area contributed by atoms with Gasteiger partial charge in [0.2, 0.25) is 6.79 Å². The second-order valence-corrected chi connectivity index (χ2v) is 7.83. The number of aryl methyl sites for hydroxylation is 1. The van der Waals surface area contributed by atoms with E-state index in [0.29, 0.717) is 17.6 Å². The second-order valence-electron chi connectivity index (χ2n) is 7.83. The maximum atomic E-state index is 10.6. The van der Waals surface area contributed by atoms with E-state index in [1.807, 2.05) is 24.4 Å². The predicted molar refractivity (Wildman–Crippen MR) is 100 cm³/mol. The number of hydrogen-bond acceptors (Lipinski definition) is 6. The van der Waals surface area contributed by atoms with Crippen LogP contribution in [0.2, 0.25) is 0 Å². The molecule has 2 aromatic rings.